The molecule has 2 nitrogen and oxygen atoms in total. The van der Waals surface area contributed by atoms with Crippen LogP contribution in [0.4, 0.5) is 0 Å². The zero-order chi connectivity index (χ0) is 11.0. The molecule has 82 valence electrons. The maximum absolute atomic E-state index is 11.8. The van der Waals surface area contributed by atoms with Gasteiger partial charge in [-0.05, 0) is 30.8 Å². The van der Waals surface area contributed by atoms with Gasteiger partial charge in [-0.3, -0.25) is 9.59 Å². The quantitative estimate of drug-likeness (QED) is 0.660. The molecule has 0 amide bonds. The van der Waals surface area contributed by atoms with Crippen LogP contribution in [0.2, 0.25) is 0 Å². The summed E-state index contributed by atoms with van der Waals surface area (Å²) >= 11 is 0. The molecular formula is C13H18O2. The molecule has 2 atom stereocenters. The highest BCUT2D eigenvalue weighted by Crippen LogP contribution is 2.42. The Morgan fingerprint density at radius 3 is 2.60 bits per heavy atom. The van der Waals surface area contributed by atoms with Gasteiger partial charge in [-0.25, -0.2) is 0 Å². The van der Waals surface area contributed by atoms with E-state index in [-0.39, 0.29) is 17.5 Å². The number of hydrogen-bond acceptors (Lipinski definition) is 2. The molecule has 0 N–H and O–H groups in total. The average Bonchev–Trinajstić information content (AvgIpc) is 2.52. The lowest BCUT2D eigenvalue weighted by Gasteiger charge is -2.17. The van der Waals surface area contributed by atoms with Crippen LogP contribution in [0.15, 0.2) is 11.6 Å². The number of allylic oxidation sites excluding steroid dienone is 2. The molecule has 1 fully saturated rings. The predicted octanol–water partition coefficient (Wildman–Crippen LogP) is 2.53. The number of carbonyl (C=O) groups is 2. The molecule has 0 aromatic rings. The summed E-state index contributed by atoms with van der Waals surface area (Å²) in [5, 5.41) is 0. The van der Waals surface area contributed by atoms with Gasteiger partial charge in [0.05, 0.1) is 0 Å². The Labute approximate surface area is 90.7 Å². The first-order chi connectivity index (χ1) is 7.09. The molecule has 2 rings (SSSR count). The summed E-state index contributed by atoms with van der Waals surface area (Å²) in [6, 6.07) is 0. The zero-order valence-corrected chi connectivity index (χ0v) is 9.45. The normalized spacial score (nSPS) is 31.5. The van der Waals surface area contributed by atoms with E-state index in [0.29, 0.717) is 24.7 Å². The van der Waals surface area contributed by atoms with Gasteiger partial charge < -0.3 is 0 Å². The van der Waals surface area contributed by atoms with Crippen LogP contribution < -0.4 is 0 Å². The molecule has 0 saturated heterocycles. The first-order valence-corrected chi connectivity index (χ1v) is 5.86. The van der Waals surface area contributed by atoms with E-state index in [9.17, 15) is 9.59 Å². The van der Waals surface area contributed by atoms with E-state index in [1.807, 2.05) is 0 Å². The molecule has 15 heavy (non-hydrogen) atoms. The molecule has 0 aliphatic heterocycles. The van der Waals surface area contributed by atoms with E-state index >= 15 is 0 Å². The van der Waals surface area contributed by atoms with E-state index in [0.717, 1.165) is 18.4 Å². The molecule has 1 unspecified atom stereocenters. The summed E-state index contributed by atoms with van der Waals surface area (Å²) in [6.07, 6.45) is 4.68. The van der Waals surface area contributed by atoms with Crippen molar-refractivity contribution in [2.24, 2.45) is 17.8 Å². The third-order valence-corrected chi connectivity index (χ3v) is 3.74. The maximum Gasteiger partial charge on any atom is 0.156 e. The zero-order valence-electron chi connectivity index (χ0n) is 9.45. The number of ketones is 2. The molecule has 2 heteroatoms. The minimum atomic E-state index is 0.0730. The fourth-order valence-corrected chi connectivity index (χ4v) is 2.89. The monoisotopic (exact) mass is 206 g/mol. The number of hydrogen-bond donors (Lipinski definition) is 0. The molecule has 0 radical (unpaired) electrons. The molecule has 0 aromatic carbocycles. The number of Topliss-reactive ketones (excluding diaryl/α,β-unsaturated/α-hetero) is 1. The van der Waals surface area contributed by atoms with Crippen LogP contribution in [0.25, 0.3) is 0 Å². The van der Waals surface area contributed by atoms with Crippen molar-refractivity contribution in [3.05, 3.63) is 11.6 Å². The van der Waals surface area contributed by atoms with Gasteiger partial charge in [0.25, 0.3) is 0 Å². The van der Waals surface area contributed by atoms with Crippen LogP contribution in [-0.4, -0.2) is 11.6 Å². The SMILES string of the molecule is CC(C)[C@H]1CCC2C(=O)CCC(=O)C=C21. The van der Waals surface area contributed by atoms with Crippen molar-refractivity contribution in [1.82, 2.24) is 0 Å². The lowest BCUT2D eigenvalue weighted by Crippen LogP contribution is -2.14. The molecule has 1 saturated carbocycles. The van der Waals surface area contributed by atoms with Crippen LogP contribution in [0, 0.1) is 17.8 Å². The summed E-state index contributed by atoms with van der Waals surface area (Å²) < 4.78 is 0. The van der Waals surface area contributed by atoms with E-state index < -0.39 is 0 Å². The topological polar surface area (TPSA) is 34.1 Å². The maximum atomic E-state index is 11.8. The van der Waals surface area contributed by atoms with Crippen molar-refractivity contribution in [1.29, 1.82) is 0 Å². The largest absolute Gasteiger partial charge is 0.299 e. The molecule has 2 aliphatic carbocycles. The van der Waals surface area contributed by atoms with Gasteiger partial charge in [0, 0.05) is 18.8 Å². The predicted molar refractivity (Wildman–Crippen MR) is 58.4 cm³/mol. The minimum absolute atomic E-state index is 0.0730. The number of fused-ring (bicyclic) bond motifs is 1. The van der Waals surface area contributed by atoms with E-state index in [1.165, 1.54) is 0 Å². The molecule has 0 spiro atoms. The Bertz CT molecular complexity index is 325. The lowest BCUT2D eigenvalue weighted by molar-refractivity contribution is -0.123. The molecule has 0 heterocycles. The molecule has 0 bridgehead atoms. The number of carbonyl (C=O) groups excluding carboxylic acids is 2. The summed E-state index contributed by atoms with van der Waals surface area (Å²) in [7, 11) is 0. The Hall–Kier alpha value is -0.920. The Kier molecular flexibility index (Phi) is 2.76. The van der Waals surface area contributed by atoms with Crippen molar-refractivity contribution >= 4 is 11.6 Å². The van der Waals surface area contributed by atoms with Crippen molar-refractivity contribution < 1.29 is 9.59 Å². The fraction of sp³-hybridized carbons (Fsp3) is 0.692. The second-order valence-corrected chi connectivity index (χ2v) is 5.06. The van der Waals surface area contributed by atoms with Crippen molar-refractivity contribution in [3.63, 3.8) is 0 Å². The Morgan fingerprint density at radius 2 is 1.93 bits per heavy atom. The highest BCUT2D eigenvalue weighted by molar-refractivity contribution is 5.98. The Balaban J connectivity index is 2.32. The smallest absolute Gasteiger partial charge is 0.156 e. The van der Waals surface area contributed by atoms with Crippen LogP contribution >= 0.6 is 0 Å². The van der Waals surface area contributed by atoms with Crippen molar-refractivity contribution in [2.45, 2.75) is 39.5 Å². The van der Waals surface area contributed by atoms with Crippen LogP contribution in [0.3, 0.4) is 0 Å². The van der Waals surface area contributed by atoms with Gasteiger partial charge in [-0.15, -0.1) is 0 Å². The summed E-state index contributed by atoms with van der Waals surface area (Å²) in [6.45, 7) is 4.35. The van der Waals surface area contributed by atoms with Gasteiger partial charge in [-0.1, -0.05) is 19.4 Å². The lowest BCUT2D eigenvalue weighted by atomic mass is 9.87. The average molecular weight is 206 g/mol. The van der Waals surface area contributed by atoms with E-state index in [1.54, 1.807) is 6.08 Å². The third kappa shape index (κ3) is 1.90. The fourth-order valence-electron chi connectivity index (χ4n) is 2.89. The highest BCUT2D eigenvalue weighted by Gasteiger charge is 2.37. The van der Waals surface area contributed by atoms with E-state index in [4.69, 9.17) is 0 Å². The van der Waals surface area contributed by atoms with Gasteiger partial charge in [0.2, 0.25) is 0 Å². The van der Waals surface area contributed by atoms with Crippen molar-refractivity contribution in [3.8, 4) is 0 Å². The van der Waals surface area contributed by atoms with Crippen LogP contribution in [0.1, 0.15) is 39.5 Å². The summed E-state index contributed by atoms with van der Waals surface area (Å²) in [4.78, 5) is 23.3. The molecular weight excluding hydrogens is 188 g/mol. The van der Waals surface area contributed by atoms with Gasteiger partial charge in [0.15, 0.2) is 5.78 Å². The molecule has 2 aliphatic rings. The van der Waals surface area contributed by atoms with Crippen molar-refractivity contribution in [2.75, 3.05) is 0 Å². The third-order valence-electron chi connectivity index (χ3n) is 3.74. The minimum Gasteiger partial charge on any atom is -0.299 e. The Morgan fingerprint density at radius 1 is 1.20 bits per heavy atom. The first-order valence-electron chi connectivity index (χ1n) is 5.86. The first kappa shape index (κ1) is 10.6. The number of rotatable bonds is 1. The van der Waals surface area contributed by atoms with Crippen LogP contribution in [0.5, 0.6) is 0 Å². The highest BCUT2D eigenvalue weighted by atomic mass is 16.1. The summed E-state index contributed by atoms with van der Waals surface area (Å²) in [5.74, 6) is 1.51. The van der Waals surface area contributed by atoms with Crippen LogP contribution in [-0.2, 0) is 9.59 Å². The summed E-state index contributed by atoms with van der Waals surface area (Å²) in [5.41, 5.74) is 1.14. The molecule has 0 aromatic heterocycles. The van der Waals surface area contributed by atoms with Gasteiger partial charge in [0.1, 0.15) is 5.78 Å². The second-order valence-electron chi connectivity index (χ2n) is 5.06. The van der Waals surface area contributed by atoms with Gasteiger partial charge in [-0.2, -0.15) is 0 Å². The second kappa shape index (κ2) is 3.92. The van der Waals surface area contributed by atoms with E-state index in [2.05, 4.69) is 13.8 Å². The van der Waals surface area contributed by atoms with Gasteiger partial charge >= 0.3 is 0 Å². The standard InChI is InChI=1S/C13H18O2/c1-8(2)10-4-5-11-12(10)7-9(14)3-6-13(11)15/h7-8,10-11H,3-6H2,1-2H3/t10-,11?/m1/s1.